The van der Waals surface area contributed by atoms with Gasteiger partial charge in [-0.2, -0.15) is 0 Å². The number of hydrogen-bond acceptors (Lipinski definition) is 2. The summed E-state index contributed by atoms with van der Waals surface area (Å²) in [5.74, 6) is -0.159. The zero-order valence-electron chi connectivity index (χ0n) is 9.02. The number of aryl methyl sites for hydroxylation is 1. The average Bonchev–Trinajstić information content (AvgIpc) is 2.69. The van der Waals surface area contributed by atoms with Crippen LogP contribution in [0.5, 0.6) is 0 Å². The van der Waals surface area contributed by atoms with Gasteiger partial charge in [-0.1, -0.05) is 6.07 Å². The van der Waals surface area contributed by atoms with Crippen molar-refractivity contribution in [3.05, 3.63) is 29.6 Å². The van der Waals surface area contributed by atoms with Gasteiger partial charge >= 0.3 is 0 Å². The van der Waals surface area contributed by atoms with Crippen molar-refractivity contribution in [1.29, 1.82) is 0 Å². The topological polar surface area (TPSA) is 24.1 Å². The van der Waals surface area contributed by atoms with E-state index in [4.69, 9.17) is 0 Å². The first-order valence-electron chi connectivity index (χ1n) is 5.49. The summed E-state index contributed by atoms with van der Waals surface area (Å²) in [6.45, 7) is 3.79. The third kappa shape index (κ3) is 2.69. The Labute approximate surface area is 89.9 Å². The number of anilines is 1. The van der Waals surface area contributed by atoms with Gasteiger partial charge in [-0.3, -0.25) is 0 Å². The smallest absolute Gasteiger partial charge is 0.146 e. The third-order valence-corrected chi connectivity index (χ3v) is 2.83. The maximum atomic E-state index is 13.4. The molecule has 1 aliphatic heterocycles. The van der Waals surface area contributed by atoms with Gasteiger partial charge < -0.3 is 10.6 Å². The normalized spacial score (nSPS) is 20.5. The van der Waals surface area contributed by atoms with Crippen molar-refractivity contribution >= 4 is 5.69 Å². The highest BCUT2D eigenvalue weighted by Crippen LogP contribution is 2.16. The first-order chi connectivity index (χ1) is 7.25. The molecule has 0 aliphatic carbocycles. The lowest BCUT2D eigenvalue weighted by Gasteiger charge is -2.13. The molecule has 0 saturated carbocycles. The minimum Gasteiger partial charge on any atom is -0.381 e. The van der Waals surface area contributed by atoms with Crippen molar-refractivity contribution in [1.82, 2.24) is 5.32 Å². The molecule has 0 radical (unpaired) electrons. The van der Waals surface area contributed by atoms with Crippen molar-refractivity contribution in [2.75, 3.05) is 18.4 Å². The maximum absolute atomic E-state index is 13.4. The van der Waals surface area contributed by atoms with Gasteiger partial charge in [0.2, 0.25) is 0 Å². The Balaban J connectivity index is 1.92. The molecule has 2 nitrogen and oxygen atoms in total. The average molecular weight is 208 g/mol. The molecule has 82 valence electrons. The van der Waals surface area contributed by atoms with E-state index in [2.05, 4.69) is 10.6 Å². The van der Waals surface area contributed by atoms with Crippen LogP contribution in [0.25, 0.3) is 0 Å². The van der Waals surface area contributed by atoms with E-state index in [-0.39, 0.29) is 5.82 Å². The Hall–Kier alpha value is -1.09. The van der Waals surface area contributed by atoms with Crippen molar-refractivity contribution < 1.29 is 4.39 Å². The SMILES string of the molecule is Cc1ccc(NCC2CCCN2)c(F)c1. The molecule has 0 amide bonds. The van der Waals surface area contributed by atoms with E-state index >= 15 is 0 Å². The van der Waals surface area contributed by atoms with Crippen LogP contribution in [0, 0.1) is 12.7 Å². The minimum absolute atomic E-state index is 0.159. The molecule has 1 saturated heterocycles. The molecule has 1 fully saturated rings. The second-order valence-corrected chi connectivity index (χ2v) is 4.16. The molecule has 0 aromatic heterocycles. The molecule has 3 heteroatoms. The van der Waals surface area contributed by atoms with E-state index in [9.17, 15) is 4.39 Å². The van der Waals surface area contributed by atoms with Gasteiger partial charge in [-0.05, 0) is 44.0 Å². The predicted molar refractivity (Wildman–Crippen MR) is 60.7 cm³/mol. The summed E-state index contributed by atoms with van der Waals surface area (Å²) >= 11 is 0. The molecule has 2 rings (SSSR count). The van der Waals surface area contributed by atoms with Gasteiger partial charge in [0.25, 0.3) is 0 Å². The molecular weight excluding hydrogens is 191 g/mol. The molecule has 15 heavy (non-hydrogen) atoms. The van der Waals surface area contributed by atoms with Crippen molar-refractivity contribution in [3.63, 3.8) is 0 Å². The second kappa shape index (κ2) is 4.62. The lowest BCUT2D eigenvalue weighted by Crippen LogP contribution is -2.29. The molecule has 1 aromatic carbocycles. The monoisotopic (exact) mass is 208 g/mol. The van der Waals surface area contributed by atoms with Crippen LogP contribution >= 0.6 is 0 Å². The van der Waals surface area contributed by atoms with Crippen LogP contribution in [-0.2, 0) is 0 Å². The second-order valence-electron chi connectivity index (χ2n) is 4.16. The number of hydrogen-bond donors (Lipinski definition) is 2. The summed E-state index contributed by atoms with van der Waals surface area (Å²) in [4.78, 5) is 0. The van der Waals surface area contributed by atoms with Crippen LogP contribution < -0.4 is 10.6 Å². The van der Waals surface area contributed by atoms with E-state index in [1.165, 1.54) is 12.8 Å². The van der Waals surface area contributed by atoms with Crippen molar-refractivity contribution in [2.45, 2.75) is 25.8 Å². The van der Waals surface area contributed by atoms with E-state index in [0.29, 0.717) is 11.7 Å². The van der Waals surface area contributed by atoms with Crippen LogP contribution in [0.2, 0.25) is 0 Å². The Morgan fingerprint density at radius 2 is 2.40 bits per heavy atom. The van der Waals surface area contributed by atoms with Gasteiger partial charge in [0.15, 0.2) is 0 Å². The lowest BCUT2D eigenvalue weighted by atomic mass is 10.2. The van der Waals surface area contributed by atoms with Crippen LogP contribution in [0.15, 0.2) is 18.2 Å². The van der Waals surface area contributed by atoms with Gasteiger partial charge in [0, 0.05) is 12.6 Å². The highest BCUT2D eigenvalue weighted by Gasteiger charge is 2.13. The van der Waals surface area contributed by atoms with Gasteiger partial charge in [0.1, 0.15) is 5.82 Å². The molecule has 1 unspecified atom stereocenters. The summed E-state index contributed by atoms with van der Waals surface area (Å²) in [5, 5.41) is 6.52. The number of benzene rings is 1. The zero-order chi connectivity index (χ0) is 10.7. The molecule has 0 bridgehead atoms. The van der Waals surface area contributed by atoms with E-state index in [1.54, 1.807) is 12.1 Å². The molecule has 1 aromatic rings. The predicted octanol–water partition coefficient (Wildman–Crippen LogP) is 2.30. The number of halogens is 1. The largest absolute Gasteiger partial charge is 0.381 e. The minimum atomic E-state index is -0.159. The van der Waals surface area contributed by atoms with Crippen LogP contribution in [0.3, 0.4) is 0 Å². The quantitative estimate of drug-likeness (QED) is 0.796. The fraction of sp³-hybridized carbons (Fsp3) is 0.500. The van der Waals surface area contributed by atoms with Crippen LogP contribution in [0.4, 0.5) is 10.1 Å². The van der Waals surface area contributed by atoms with E-state index in [1.807, 2.05) is 13.0 Å². The lowest BCUT2D eigenvalue weighted by molar-refractivity contribution is 0.613. The first kappa shape index (κ1) is 10.4. The molecule has 1 heterocycles. The standard InChI is InChI=1S/C12H17FN2/c1-9-4-5-12(11(13)7-9)15-8-10-3-2-6-14-10/h4-5,7,10,14-15H,2-3,6,8H2,1H3. The summed E-state index contributed by atoms with van der Waals surface area (Å²) in [7, 11) is 0. The fourth-order valence-corrected chi connectivity index (χ4v) is 1.93. The van der Waals surface area contributed by atoms with E-state index < -0.39 is 0 Å². The highest BCUT2D eigenvalue weighted by atomic mass is 19.1. The van der Waals surface area contributed by atoms with Crippen molar-refractivity contribution in [3.8, 4) is 0 Å². The maximum Gasteiger partial charge on any atom is 0.146 e. The van der Waals surface area contributed by atoms with Gasteiger partial charge in [-0.25, -0.2) is 4.39 Å². The van der Waals surface area contributed by atoms with Crippen LogP contribution in [0.1, 0.15) is 18.4 Å². The summed E-state index contributed by atoms with van der Waals surface area (Å²) in [6, 6.07) is 5.78. The Morgan fingerprint density at radius 3 is 3.07 bits per heavy atom. The van der Waals surface area contributed by atoms with Crippen LogP contribution in [-0.4, -0.2) is 19.1 Å². The highest BCUT2D eigenvalue weighted by molar-refractivity contribution is 5.46. The molecule has 1 aliphatic rings. The summed E-state index contributed by atoms with van der Waals surface area (Å²) in [6.07, 6.45) is 2.41. The molecule has 1 atom stereocenters. The molecule has 2 N–H and O–H groups in total. The third-order valence-electron chi connectivity index (χ3n) is 2.83. The summed E-state index contributed by atoms with van der Waals surface area (Å²) < 4.78 is 13.4. The number of rotatable bonds is 3. The number of nitrogens with one attached hydrogen (secondary N) is 2. The first-order valence-corrected chi connectivity index (χ1v) is 5.49. The summed E-state index contributed by atoms with van der Waals surface area (Å²) in [5.41, 5.74) is 1.56. The Kier molecular flexibility index (Phi) is 3.21. The fourth-order valence-electron chi connectivity index (χ4n) is 1.93. The van der Waals surface area contributed by atoms with E-state index in [0.717, 1.165) is 18.7 Å². The Bertz CT molecular complexity index is 332. The Morgan fingerprint density at radius 1 is 1.53 bits per heavy atom. The zero-order valence-corrected chi connectivity index (χ0v) is 9.02. The van der Waals surface area contributed by atoms with Gasteiger partial charge in [0.05, 0.1) is 5.69 Å². The van der Waals surface area contributed by atoms with Gasteiger partial charge in [-0.15, -0.1) is 0 Å². The van der Waals surface area contributed by atoms with Crippen molar-refractivity contribution in [2.24, 2.45) is 0 Å². The molecular formula is C12H17FN2. The molecule has 0 spiro atoms.